The van der Waals surface area contributed by atoms with Gasteiger partial charge >= 0.3 is 6.09 Å². The third-order valence-electron chi connectivity index (χ3n) is 6.94. The molecule has 188 valence electrons. The van der Waals surface area contributed by atoms with Gasteiger partial charge in [0.25, 0.3) is 0 Å². The highest BCUT2D eigenvalue weighted by Crippen LogP contribution is 2.45. The summed E-state index contributed by atoms with van der Waals surface area (Å²) in [4.78, 5) is 25.4. The molecule has 2 heterocycles. The fourth-order valence-corrected chi connectivity index (χ4v) is 5.16. The molecular formula is C24H38ClN5O3Si. The van der Waals surface area contributed by atoms with E-state index in [1.807, 2.05) is 4.57 Å². The molecule has 1 N–H and O–H groups in total. The Labute approximate surface area is 208 Å². The fraction of sp³-hybridized carbons (Fsp3) is 0.667. The van der Waals surface area contributed by atoms with Crippen LogP contribution in [0.1, 0.15) is 60.9 Å². The van der Waals surface area contributed by atoms with Crippen molar-refractivity contribution in [3.8, 4) is 0 Å². The molecule has 0 bridgehead atoms. The third kappa shape index (κ3) is 5.63. The summed E-state index contributed by atoms with van der Waals surface area (Å²) in [6.45, 7) is 24.0. The normalized spacial score (nSPS) is 21.8. The van der Waals surface area contributed by atoms with Crippen LogP contribution in [0, 0.1) is 11.8 Å². The molecule has 1 aliphatic carbocycles. The van der Waals surface area contributed by atoms with E-state index in [-0.39, 0.29) is 28.1 Å². The molecule has 1 amide bonds. The number of nitrogens with one attached hydrogen (secondary N) is 1. The number of carbonyl (C=O) groups excluding carboxylic acids is 1. The Kier molecular flexibility index (Phi) is 7.24. The van der Waals surface area contributed by atoms with Crippen LogP contribution in [0.25, 0.3) is 11.2 Å². The summed E-state index contributed by atoms with van der Waals surface area (Å²) in [7, 11) is -1.86. The van der Waals surface area contributed by atoms with E-state index in [4.69, 9.17) is 20.8 Å². The van der Waals surface area contributed by atoms with Crippen LogP contribution in [0.2, 0.25) is 23.3 Å². The Bertz CT molecular complexity index is 1090. The maximum absolute atomic E-state index is 12.2. The minimum absolute atomic E-state index is 0.00774. The van der Waals surface area contributed by atoms with Crippen LogP contribution in [-0.4, -0.2) is 46.1 Å². The van der Waals surface area contributed by atoms with Gasteiger partial charge in [0.05, 0.1) is 12.4 Å². The zero-order valence-corrected chi connectivity index (χ0v) is 23.6. The molecule has 3 atom stereocenters. The third-order valence-corrected chi connectivity index (χ3v) is 11.7. The lowest BCUT2D eigenvalue weighted by atomic mass is 9.97. The molecule has 3 rings (SSSR count). The average molecular weight is 508 g/mol. The summed E-state index contributed by atoms with van der Waals surface area (Å²) in [5, 5.41) is 2.90. The maximum atomic E-state index is 12.2. The van der Waals surface area contributed by atoms with E-state index in [1.54, 1.807) is 27.1 Å². The van der Waals surface area contributed by atoms with E-state index in [9.17, 15) is 4.79 Å². The molecule has 2 aromatic rings. The second-order valence-electron chi connectivity index (χ2n) is 11.8. The van der Waals surface area contributed by atoms with Crippen LogP contribution in [0.15, 0.2) is 18.5 Å². The molecule has 10 heteroatoms. The van der Waals surface area contributed by atoms with Gasteiger partial charge in [-0.25, -0.2) is 9.78 Å². The van der Waals surface area contributed by atoms with E-state index in [0.29, 0.717) is 23.7 Å². The van der Waals surface area contributed by atoms with Crippen molar-refractivity contribution in [1.82, 2.24) is 19.5 Å². The summed E-state index contributed by atoms with van der Waals surface area (Å²) < 4.78 is 13.8. The van der Waals surface area contributed by atoms with Crippen molar-refractivity contribution in [2.24, 2.45) is 11.8 Å². The standard InChI is InChI=1S/C24H38ClN5O3Si/c1-14-11-17(15(2)16(14)12-32-34(9,10)24(6,7)8)30-13-26-18-19(25)27-21(28-20(18)30)29-22(31)33-23(3,4)5/h13-14,16-17H,2,11-12H2,1,3-10H3,(H,27,28,29,31)/t14-,16+,17-/m0/s1. The number of anilines is 1. The molecule has 0 saturated heterocycles. The quantitative estimate of drug-likeness (QED) is 0.278. The number of amides is 1. The maximum Gasteiger partial charge on any atom is 0.414 e. The van der Waals surface area contributed by atoms with Gasteiger partial charge in [-0.3, -0.25) is 5.32 Å². The van der Waals surface area contributed by atoms with Crippen LogP contribution >= 0.6 is 11.6 Å². The molecule has 1 aliphatic rings. The Balaban J connectivity index is 1.84. The Morgan fingerprint density at radius 3 is 2.50 bits per heavy atom. The summed E-state index contributed by atoms with van der Waals surface area (Å²) in [6, 6.07) is 0.00774. The van der Waals surface area contributed by atoms with Gasteiger partial charge in [-0.05, 0) is 56.8 Å². The highest BCUT2D eigenvalue weighted by molar-refractivity contribution is 6.74. The Hall–Kier alpha value is -1.97. The molecule has 0 aromatic carbocycles. The largest absolute Gasteiger partial charge is 0.444 e. The molecule has 0 unspecified atom stereocenters. The zero-order valence-electron chi connectivity index (χ0n) is 21.8. The van der Waals surface area contributed by atoms with Crippen molar-refractivity contribution in [2.45, 2.75) is 84.7 Å². The molecule has 2 aromatic heterocycles. The summed E-state index contributed by atoms with van der Waals surface area (Å²) in [6.07, 6.45) is 1.98. The molecule has 1 fully saturated rings. The smallest absolute Gasteiger partial charge is 0.414 e. The lowest BCUT2D eigenvalue weighted by molar-refractivity contribution is 0.0634. The van der Waals surface area contributed by atoms with Gasteiger partial charge in [-0.2, -0.15) is 9.97 Å². The molecule has 8 nitrogen and oxygen atoms in total. The van der Waals surface area contributed by atoms with Crippen LogP contribution in [0.5, 0.6) is 0 Å². The number of ether oxygens (including phenoxy) is 1. The molecular weight excluding hydrogens is 470 g/mol. The van der Waals surface area contributed by atoms with Gasteiger partial charge in [-0.1, -0.05) is 45.9 Å². The number of halogens is 1. The lowest BCUT2D eigenvalue weighted by Crippen LogP contribution is -2.42. The van der Waals surface area contributed by atoms with Crippen molar-refractivity contribution in [1.29, 1.82) is 0 Å². The van der Waals surface area contributed by atoms with E-state index >= 15 is 0 Å². The number of aromatic nitrogens is 4. The van der Waals surface area contributed by atoms with Crippen LogP contribution in [-0.2, 0) is 9.16 Å². The summed E-state index contributed by atoms with van der Waals surface area (Å²) in [5.74, 6) is 0.715. The first kappa shape index (κ1) is 26.6. The minimum Gasteiger partial charge on any atom is -0.444 e. The van der Waals surface area contributed by atoms with Gasteiger partial charge in [0.1, 0.15) is 11.1 Å². The molecule has 0 spiro atoms. The number of nitrogens with zero attached hydrogens (tertiary/aromatic N) is 4. The SMILES string of the molecule is C=C1[C@H](CO[Si](C)(C)C(C)(C)C)[C@@H](C)C[C@@H]1n1cnc2c(Cl)nc(NC(=O)OC(C)(C)C)nc21. The molecule has 1 saturated carbocycles. The van der Waals surface area contributed by atoms with Crippen molar-refractivity contribution in [3.63, 3.8) is 0 Å². The van der Waals surface area contributed by atoms with Gasteiger partial charge in [-0.15, -0.1) is 0 Å². The highest BCUT2D eigenvalue weighted by Gasteiger charge is 2.41. The Morgan fingerprint density at radius 1 is 1.26 bits per heavy atom. The predicted octanol–water partition coefficient (Wildman–Crippen LogP) is 6.60. The van der Waals surface area contributed by atoms with Crippen LogP contribution in [0.3, 0.4) is 0 Å². The van der Waals surface area contributed by atoms with Crippen molar-refractivity contribution in [3.05, 3.63) is 23.6 Å². The molecule has 0 radical (unpaired) electrons. The summed E-state index contributed by atoms with van der Waals surface area (Å²) >= 11 is 6.38. The lowest BCUT2D eigenvalue weighted by Gasteiger charge is -2.37. The first-order valence-corrected chi connectivity index (χ1v) is 15.0. The average Bonchev–Trinajstić information content (AvgIpc) is 3.18. The first-order chi connectivity index (χ1) is 15.5. The van der Waals surface area contributed by atoms with Crippen molar-refractivity contribution in [2.75, 3.05) is 11.9 Å². The minimum atomic E-state index is -1.86. The predicted molar refractivity (Wildman–Crippen MR) is 139 cm³/mol. The zero-order chi connectivity index (χ0) is 25.6. The number of hydrogen-bond donors (Lipinski definition) is 1. The topological polar surface area (TPSA) is 91.2 Å². The monoisotopic (exact) mass is 507 g/mol. The van der Waals surface area contributed by atoms with E-state index < -0.39 is 20.0 Å². The van der Waals surface area contributed by atoms with E-state index in [1.165, 1.54) is 0 Å². The molecule has 34 heavy (non-hydrogen) atoms. The Morgan fingerprint density at radius 2 is 1.91 bits per heavy atom. The number of rotatable bonds is 5. The van der Waals surface area contributed by atoms with Crippen LogP contribution in [0.4, 0.5) is 10.7 Å². The molecule has 0 aliphatic heterocycles. The van der Waals surface area contributed by atoms with Crippen molar-refractivity contribution >= 4 is 43.1 Å². The van der Waals surface area contributed by atoms with Gasteiger partial charge in [0, 0.05) is 12.5 Å². The van der Waals surface area contributed by atoms with Gasteiger partial charge in [0.15, 0.2) is 19.1 Å². The van der Waals surface area contributed by atoms with E-state index in [2.05, 4.69) is 67.6 Å². The number of carbonyl (C=O) groups is 1. The number of fused-ring (bicyclic) bond motifs is 1. The summed E-state index contributed by atoms with van der Waals surface area (Å²) in [5.41, 5.74) is 1.49. The van der Waals surface area contributed by atoms with E-state index in [0.717, 1.165) is 12.0 Å². The van der Waals surface area contributed by atoms with Crippen LogP contribution < -0.4 is 5.32 Å². The number of imidazole rings is 1. The fourth-order valence-electron chi connectivity index (χ4n) is 3.92. The first-order valence-electron chi connectivity index (χ1n) is 11.7. The number of hydrogen-bond acceptors (Lipinski definition) is 6. The van der Waals surface area contributed by atoms with Gasteiger partial charge in [0.2, 0.25) is 5.95 Å². The van der Waals surface area contributed by atoms with Crippen molar-refractivity contribution < 1.29 is 14.0 Å². The second kappa shape index (κ2) is 9.24. The van der Waals surface area contributed by atoms with Gasteiger partial charge < -0.3 is 13.7 Å². The highest BCUT2D eigenvalue weighted by atomic mass is 35.5. The second-order valence-corrected chi connectivity index (χ2v) is 16.9.